The van der Waals surface area contributed by atoms with Crippen LogP contribution in [-0.4, -0.2) is 21.8 Å². The SMILES string of the molecule is COc1ccc(Cn2nc(Br)c([N+](=O)[O-])c2NCc2ccccc2)cc1. The number of ether oxygens (including phenoxy) is 1. The van der Waals surface area contributed by atoms with Crippen LogP contribution in [0.2, 0.25) is 0 Å². The molecule has 0 aliphatic heterocycles. The Balaban J connectivity index is 1.88. The third kappa shape index (κ3) is 4.02. The molecule has 0 atom stereocenters. The minimum atomic E-state index is -0.436. The fourth-order valence-corrected chi connectivity index (χ4v) is 3.08. The van der Waals surface area contributed by atoms with Gasteiger partial charge in [0.05, 0.1) is 18.6 Å². The Morgan fingerprint density at radius 2 is 1.85 bits per heavy atom. The molecule has 0 aliphatic carbocycles. The first kappa shape index (κ1) is 17.9. The molecule has 0 bridgehead atoms. The Morgan fingerprint density at radius 1 is 1.15 bits per heavy atom. The summed E-state index contributed by atoms with van der Waals surface area (Å²) in [6, 6.07) is 17.2. The van der Waals surface area contributed by atoms with Crippen molar-refractivity contribution in [1.82, 2.24) is 9.78 Å². The van der Waals surface area contributed by atoms with E-state index in [0.717, 1.165) is 16.9 Å². The van der Waals surface area contributed by atoms with Crippen LogP contribution in [0.15, 0.2) is 59.2 Å². The molecule has 0 saturated carbocycles. The molecule has 26 heavy (non-hydrogen) atoms. The highest BCUT2D eigenvalue weighted by Crippen LogP contribution is 2.33. The van der Waals surface area contributed by atoms with Gasteiger partial charge in [-0.25, -0.2) is 4.68 Å². The summed E-state index contributed by atoms with van der Waals surface area (Å²) in [6.45, 7) is 0.857. The molecule has 0 unspecified atom stereocenters. The number of methoxy groups -OCH3 is 1. The molecule has 0 amide bonds. The van der Waals surface area contributed by atoms with Gasteiger partial charge in [0.15, 0.2) is 0 Å². The van der Waals surface area contributed by atoms with Gasteiger partial charge in [-0.15, -0.1) is 0 Å². The van der Waals surface area contributed by atoms with Crippen LogP contribution in [0.25, 0.3) is 0 Å². The van der Waals surface area contributed by atoms with Gasteiger partial charge in [-0.2, -0.15) is 5.10 Å². The number of anilines is 1. The molecule has 7 nitrogen and oxygen atoms in total. The summed E-state index contributed by atoms with van der Waals surface area (Å²) in [5.41, 5.74) is 1.91. The van der Waals surface area contributed by atoms with Crippen molar-refractivity contribution in [3.63, 3.8) is 0 Å². The predicted octanol–water partition coefficient (Wildman–Crippen LogP) is 4.22. The van der Waals surface area contributed by atoms with E-state index in [2.05, 4.69) is 26.3 Å². The summed E-state index contributed by atoms with van der Waals surface area (Å²) >= 11 is 3.20. The van der Waals surface area contributed by atoms with Crippen LogP contribution in [-0.2, 0) is 13.1 Å². The van der Waals surface area contributed by atoms with E-state index in [1.807, 2.05) is 54.6 Å². The lowest BCUT2D eigenvalue weighted by Crippen LogP contribution is -2.10. The standard InChI is InChI=1S/C18H17BrN4O3/c1-26-15-9-7-14(8-10-15)12-22-18(16(23(24)25)17(19)21-22)20-11-13-5-3-2-4-6-13/h2-10,20H,11-12H2,1H3. The van der Waals surface area contributed by atoms with Crippen LogP contribution in [0, 0.1) is 10.1 Å². The molecular formula is C18H17BrN4O3. The lowest BCUT2D eigenvalue weighted by molar-refractivity contribution is -0.384. The van der Waals surface area contributed by atoms with Gasteiger partial charge in [-0.1, -0.05) is 42.5 Å². The minimum absolute atomic E-state index is 0.0746. The molecule has 134 valence electrons. The molecule has 0 saturated heterocycles. The van der Waals surface area contributed by atoms with Crippen molar-refractivity contribution in [2.75, 3.05) is 12.4 Å². The topological polar surface area (TPSA) is 82.2 Å². The molecule has 3 rings (SSSR count). The van der Waals surface area contributed by atoms with Crippen LogP contribution >= 0.6 is 15.9 Å². The molecule has 1 N–H and O–H groups in total. The molecule has 8 heteroatoms. The van der Waals surface area contributed by atoms with Gasteiger partial charge in [0.1, 0.15) is 5.75 Å². The minimum Gasteiger partial charge on any atom is -0.497 e. The van der Waals surface area contributed by atoms with Gasteiger partial charge in [0, 0.05) is 6.54 Å². The normalized spacial score (nSPS) is 10.5. The maximum Gasteiger partial charge on any atom is 0.345 e. The summed E-state index contributed by atoms with van der Waals surface area (Å²) in [5, 5.41) is 18.9. The number of rotatable bonds is 7. The number of nitrogens with one attached hydrogen (secondary N) is 1. The van der Waals surface area contributed by atoms with Crippen LogP contribution in [0.1, 0.15) is 11.1 Å². The number of hydrogen-bond acceptors (Lipinski definition) is 5. The molecular weight excluding hydrogens is 400 g/mol. The molecule has 0 fully saturated rings. The number of aromatic nitrogens is 2. The predicted molar refractivity (Wildman–Crippen MR) is 102 cm³/mol. The van der Waals surface area contributed by atoms with E-state index in [9.17, 15) is 10.1 Å². The Kier molecular flexibility index (Phi) is 5.52. The summed E-state index contributed by atoms with van der Waals surface area (Å²) in [7, 11) is 1.61. The van der Waals surface area contributed by atoms with E-state index in [1.165, 1.54) is 0 Å². The van der Waals surface area contributed by atoms with Gasteiger partial charge >= 0.3 is 5.69 Å². The summed E-state index contributed by atoms with van der Waals surface area (Å²) in [6.07, 6.45) is 0. The number of hydrogen-bond donors (Lipinski definition) is 1. The Hall–Kier alpha value is -2.87. The highest BCUT2D eigenvalue weighted by Gasteiger charge is 2.26. The number of halogens is 1. The number of nitrogens with zero attached hydrogens (tertiary/aromatic N) is 3. The summed E-state index contributed by atoms with van der Waals surface area (Å²) in [5.74, 6) is 1.12. The fraction of sp³-hybridized carbons (Fsp3) is 0.167. The van der Waals surface area contributed by atoms with E-state index in [1.54, 1.807) is 11.8 Å². The van der Waals surface area contributed by atoms with Crippen molar-refractivity contribution < 1.29 is 9.66 Å². The van der Waals surface area contributed by atoms with E-state index < -0.39 is 4.92 Å². The lowest BCUT2D eigenvalue weighted by atomic mass is 10.2. The van der Waals surface area contributed by atoms with Crippen molar-refractivity contribution in [1.29, 1.82) is 0 Å². The van der Waals surface area contributed by atoms with Crippen LogP contribution in [0.3, 0.4) is 0 Å². The largest absolute Gasteiger partial charge is 0.497 e. The second kappa shape index (κ2) is 8.01. The Labute approximate surface area is 158 Å². The Bertz CT molecular complexity index is 895. The van der Waals surface area contributed by atoms with Crippen molar-refractivity contribution in [3.8, 4) is 5.75 Å². The number of benzene rings is 2. The number of nitro groups is 1. The third-order valence-electron chi connectivity index (χ3n) is 3.86. The summed E-state index contributed by atoms with van der Waals surface area (Å²) < 4.78 is 6.94. The van der Waals surface area contributed by atoms with Crippen molar-refractivity contribution in [2.45, 2.75) is 13.1 Å². The average molecular weight is 417 g/mol. The fourth-order valence-electron chi connectivity index (χ4n) is 2.56. The van der Waals surface area contributed by atoms with Gasteiger partial charge in [0.2, 0.25) is 10.4 Å². The zero-order chi connectivity index (χ0) is 18.5. The maximum absolute atomic E-state index is 11.5. The Morgan fingerprint density at radius 3 is 2.46 bits per heavy atom. The smallest absolute Gasteiger partial charge is 0.345 e. The summed E-state index contributed by atoms with van der Waals surface area (Å²) in [4.78, 5) is 11.0. The van der Waals surface area contributed by atoms with Crippen LogP contribution in [0.5, 0.6) is 5.75 Å². The first-order valence-electron chi connectivity index (χ1n) is 7.90. The molecule has 1 heterocycles. The molecule has 0 aliphatic rings. The second-order valence-electron chi connectivity index (χ2n) is 5.59. The van der Waals surface area contributed by atoms with Crippen molar-refractivity contribution in [2.24, 2.45) is 0 Å². The first-order chi connectivity index (χ1) is 12.6. The van der Waals surface area contributed by atoms with E-state index in [-0.39, 0.29) is 10.3 Å². The molecule has 3 aromatic rings. The van der Waals surface area contributed by atoms with E-state index >= 15 is 0 Å². The zero-order valence-corrected chi connectivity index (χ0v) is 15.6. The highest BCUT2D eigenvalue weighted by molar-refractivity contribution is 9.10. The van der Waals surface area contributed by atoms with Gasteiger partial charge in [-0.05, 0) is 39.2 Å². The van der Waals surface area contributed by atoms with Crippen LogP contribution in [0.4, 0.5) is 11.5 Å². The highest BCUT2D eigenvalue weighted by atomic mass is 79.9. The first-order valence-corrected chi connectivity index (χ1v) is 8.69. The van der Waals surface area contributed by atoms with Gasteiger partial charge in [-0.3, -0.25) is 10.1 Å². The van der Waals surface area contributed by atoms with Crippen LogP contribution < -0.4 is 10.1 Å². The molecule has 1 aromatic heterocycles. The average Bonchev–Trinajstić information content (AvgIpc) is 2.96. The quantitative estimate of drug-likeness (QED) is 0.460. The van der Waals surface area contributed by atoms with Gasteiger partial charge < -0.3 is 10.1 Å². The molecule has 0 radical (unpaired) electrons. The van der Waals surface area contributed by atoms with E-state index in [0.29, 0.717) is 18.9 Å². The molecule has 0 spiro atoms. The lowest BCUT2D eigenvalue weighted by Gasteiger charge is -2.10. The van der Waals surface area contributed by atoms with Crippen molar-refractivity contribution >= 4 is 27.4 Å². The van der Waals surface area contributed by atoms with E-state index in [4.69, 9.17) is 4.74 Å². The second-order valence-corrected chi connectivity index (χ2v) is 6.34. The maximum atomic E-state index is 11.5. The third-order valence-corrected chi connectivity index (χ3v) is 4.40. The zero-order valence-electron chi connectivity index (χ0n) is 14.1. The van der Waals surface area contributed by atoms with Gasteiger partial charge in [0.25, 0.3) is 0 Å². The monoisotopic (exact) mass is 416 g/mol. The van der Waals surface area contributed by atoms with Crippen molar-refractivity contribution in [3.05, 3.63) is 80.4 Å². The molecule has 2 aromatic carbocycles.